The lowest BCUT2D eigenvalue weighted by atomic mass is 10.1. The summed E-state index contributed by atoms with van der Waals surface area (Å²) in [5.74, 6) is -0.148. The minimum absolute atomic E-state index is 0.139. The van der Waals surface area contributed by atoms with Crippen LogP contribution >= 0.6 is 0 Å². The van der Waals surface area contributed by atoms with Crippen molar-refractivity contribution in [3.63, 3.8) is 0 Å². The van der Waals surface area contributed by atoms with Gasteiger partial charge in [0, 0.05) is 24.9 Å². The van der Waals surface area contributed by atoms with E-state index in [0.717, 1.165) is 29.8 Å². The Morgan fingerprint density at radius 2 is 2.15 bits per heavy atom. The zero-order valence-corrected chi connectivity index (χ0v) is 15.2. The van der Waals surface area contributed by atoms with Crippen LogP contribution < -0.4 is 5.32 Å². The van der Waals surface area contributed by atoms with E-state index < -0.39 is 0 Å². The van der Waals surface area contributed by atoms with Crippen LogP contribution in [-0.4, -0.2) is 20.7 Å². The third kappa shape index (κ3) is 3.60. The van der Waals surface area contributed by atoms with Crippen LogP contribution in [-0.2, 0) is 13.0 Å². The van der Waals surface area contributed by atoms with Crippen LogP contribution in [0.4, 0.5) is 4.39 Å². The fraction of sp³-hybridized carbons (Fsp3) is 0.286. The number of pyridine rings is 1. The van der Waals surface area contributed by atoms with E-state index in [1.807, 2.05) is 25.1 Å². The smallest absolute Gasteiger partial charge is 0.255 e. The van der Waals surface area contributed by atoms with Gasteiger partial charge in [0.25, 0.3) is 5.91 Å². The van der Waals surface area contributed by atoms with Gasteiger partial charge in [-0.25, -0.2) is 9.07 Å². The van der Waals surface area contributed by atoms with Crippen molar-refractivity contribution in [2.24, 2.45) is 0 Å². The van der Waals surface area contributed by atoms with Crippen molar-refractivity contribution in [3.8, 4) is 5.69 Å². The van der Waals surface area contributed by atoms with Gasteiger partial charge >= 0.3 is 0 Å². The lowest BCUT2D eigenvalue weighted by molar-refractivity contribution is 0.0949. The number of rotatable bonds is 6. The Labute approximate surface area is 157 Å². The number of hydrogen-bond donors (Lipinski definition) is 1. The standard InChI is InChI=1S/C21H21FN4O/c1-2-18-19(21(27)24-13-14-5-4-10-23-12-14)20(15-8-9-15)25-26(18)17-7-3-6-16(22)11-17/h3-7,10-12,15H,2,8-9,13H2,1H3,(H,24,27). The highest BCUT2D eigenvalue weighted by molar-refractivity contribution is 5.97. The predicted octanol–water partition coefficient (Wildman–Crippen LogP) is 3.78. The van der Waals surface area contributed by atoms with E-state index in [1.54, 1.807) is 23.1 Å². The van der Waals surface area contributed by atoms with Gasteiger partial charge in [0.1, 0.15) is 5.82 Å². The number of halogens is 1. The van der Waals surface area contributed by atoms with Crippen LogP contribution in [0.15, 0.2) is 48.8 Å². The molecule has 1 aliphatic rings. The second-order valence-electron chi connectivity index (χ2n) is 6.77. The van der Waals surface area contributed by atoms with Gasteiger partial charge in [-0.1, -0.05) is 19.1 Å². The molecular weight excluding hydrogens is 343 g/mol. The molecule has 2 heterocycles. The maximum Gasteiger partial charge on any atom is 0.255 e. The average molecular weight is 364 g/mol. The highest BCUT2D eigenvalue weighted by Crippen LogP contribution is 2.42. The van der Waals surface area contributed by atoms with Crippen molar-refractivity contribution in [3.05, 3.63) is 77.1 Å². The minimum atomic E-state index is -0.319. The summed E-state index contributed by atoms with van der Waals surface area (Å²) in [6.07, 6.45) is 6.14. The zero-order valence-electron chi connectivity index (χ0n) is 15.2. The molecule has 1 N–H and O–H groups in total. The van der Waals surface area contributed by atoms with Gasteiger partial charge in [-0.3, -0.25) is 9.78 Å². The van der Waals surface area contributed by atoms with Gasteiger partial charge in [0.2, 0.25) is 0 Å². The first-order valence-electron chi connectivity index (χ1n) is 9.22. The molecule has 6 heteroatoms. The third-order valence-corrected chi connectivity index (χ3v) is 4.76. The fourth-order valence-electron chi connectivity index (χ4n) is 3.28. The van der Waals surface area contributed by atoms with Crippen LogP contribution in [0.3, 0.4) is 0 Å². The van der Waals surface area contributed by atoms with E-state index in [4.69, 9.17) is 5.10 Å². The number of nitrogens with one attached hydrogen (secondary N) is 1. The normalized spacial score (nSPS) is 13.6. The van der Waals surface area contributed by atoms with Gasteiger partial charge in [-0.05, 0) is 49.1 Å². The van der Waals surface area contributed by atoms with E-state index in [2.05, 4.69) is 10.3 Å². The molecule has 1 aliphatic carbocycles. The number of hydrogen-bond acceptors (Lipinski definition) is 3. The van der Waals surface area contributed by atoms with Crippen molar-refractivity contribution in [2.45, 2.75) is 38.6 Å². The molecule has 0 unspecified atom stereocenters. The Balaban J connectivity index is 1.69. The van der Waals surface area contributed by atoms with Crippen LogP contribution in [0.5, 0.6) is 0 Å². The van der Waals surface area contributed by atoms with Gasteiger partial charge in [0.15, 0.2) is 0 Å². The minimum Gasteiger partial charge on any atom is -0.348 e. The Bertz CT molecular complexity index is 964. The summed E-state index contributed by atoms with van der Waals surface area (Å²) < 4.78 is 15.4. The molecule has 1 fully saturated rings. The van der Waals surface area contributed by atoms with E-state index in [9.17, 15) is 9.18 Å². The van der Waals surface area contributed by atoms with Gasteiger partial charge in [-0.15, -0.1) is 0 Å². The average Bonchev–Trinajstić information content (AvgIpc) is 3.46. The number of amides is 1. The number of carbonyl (C=O) groups excluding carboxylic acids is 1. The number of carbonyl (C=O) groups is 1. The molecule has 0 radical (unpaired) electrons. The highest BCUT2D eigenvalue weighted by atomic mass is 19.1. The van der Waals surface area contributed by atoms with Gasteiger partial charge in [-0.2, -0.15) is 5.10 Å². The summed E-state index contributed by atoms with van der Waals surface area (Å²) in [5.41, 5.74) is 3.84. The Morgan fingerprint density at radius 3 is 2.81 bits per heavy atom. The Hall–Kier alpha value is -3.02. The van der Waals surface area contributed by atoms with E-state index in [1.165, 1.54) is 12.1 Å². The first kappa shape index (κ1) is 17.4. The second kappa shape index (κ2) is 7.31. The summed E-state index contributed by atoms with van der Waals surface area (Å²) in [7, 11) is 0. The molecular formula is C21H21FN4O. The maximum atomic E-state index is 13.7. The molecule has 2 aromatic heterocycles. The fourth-order valence-corrected chi connectivity index (χ4v) is 3.28. The molecule has 1 saturated carbocycles. The zero-order chi connectivity index (χ0) is 18.8. The molecule has 1 amide bonds. The van der Waals surface area contributed by atoms with E-state index in [0.29, 0.717) is 30.1 Å². The monoisotopic (exact) mass is 364 g/mol. The molecule has 3 aromatic rings. The molecule has 5 nitrogen and oxygen atoms in total. The predicted molar refractivity (Wildman–Crippen MR) is 100 cm³/mol. The number of benzene rings is 1. The van der Waals surface area contributed by atoms with Crippen molar-refractivity contribution < 1.29 is 9.18 Å². The molecule has 0 atom stereocenters. The SMILES string of the molecule is CCc1c(C(=O)NCc2cccnc2)c(C2CC2)nn1-c1cccc(F)c1. The topological polar surface area (TPSA) is 59.8 Å². The van der Waals surface area contributed by atoms with Crippen molar-refractivity contribution in [2.75, 3.05) is 0 Å². The first-order chi connectivity index (χ1) is 13.2. The van der Waals surface area contributed by atoms with E-state index in [-0.39, 0.29) is 11.7 Å². The van der Waals surface area contributed by atoms with Crippen LogP contribution in [0.1, 0.15) is 53.0 Å². The molecule has 0 aliphatic heterocycles. The summed E-state index contributed by atoms with van der Waals surface area (Å²) in [4.78, 5) is 17.1. The molecule has 0 bridgehead atoms. The van der Waals surface area contributed by atoms with Crippen LogP contribution in [0, 0.1) is 5.82 Å². The molecule has 0 spiro atoms. The van der Waals surface area contributed by atoms with Crippen LogP contribution in [0.2, 0.25) is 0 Å². The first-order valence-corrected chi connectivity index (χ1v) is 9.22. The van der Waals surface area contributed by atoms with E-state index >= 15 is 0 Å². The highest BCUT2D eigenvalue weighted by Gasteiger charge is 2.34. The number of nitrogens with zero attached hydrogens (tertiary/aromatic N) is 3. The van der Waals surface area contributed by atoms with Crippen LogP contribution in [0.25, 0.3) is 5.69 Å². The molecule has 4 rings (SSSR count). The van der Waals surface area contributed by atoms with Gasteiger partial charge < -0.3 is 5.32 Å². The molecule has 1 aromatic carbocycles. The summed E-state index contributed by atoms with van der Waals surface area (Å²) in [5, 5.41) is 7.69. The second-order valence-corrected chi connectivity index (χ2v) is 6.77. The Kier molecular flexibility index (Phi) is 4.71. The maximum absolute atomic E-state index is 13.7. The summed E-state index contributed by atoms with van der Waals surface area (Å²) >= 11 is 0. The molecule has 138 valence electrons. The summed E-state index contributed by atoms with van der Waals surface area (Å²) in [6, 6.07) is 10.1. The van der Waals surface area contributed by atoms with Crippen molar-refractivity contribution in [1.29, 1.82) is 0 Å². The lowest BCUT2D eigenvalue weighted by Crippen LogP contribution is -2.24. The summed E-state index contributed by atoms with van der Waals surface area (Å²) in [6.45, 7) is 2.40. The van der Waals surface area contributed by atoms with Gasteiger partial charge in [0.05, 0.1) is 22.6 Å². The third-order valence-electron chi connectivity index (χ3n) is 4.76. The molecule has 0 saturated heterocycles. The van der Waals surface area contributed by atoms with Crippen molar-refractivity contribution in [1.82, 2.24) is 20.1 Å². The van der Waals surface area contributed by atoms with Crippen molar-refractivity contribution >= 4 is 5.91 Å². The number of aromatic nitrogens is 3. The lowest BCUT2D eigenvalue weighted by Gasteiger charge is -2.09. The Morgan fingerprint density at radius 1 is 1.30 bits per heavy atom. The largest absolute Gasteiger partial charge is 0.348 e. The molecule has 27 heavy (non-hydrogen) atoms. The quantitative estimate of drug-likeness (QED) is 0.724.